The Labute approximate surface area is 153 Å². The molecule has 0 bridgehead atoms. The molecule has 0 radical (unpaired) electrons. The Morgan fingerprint density at radius 3 is 3.00 bits per heavy atom. The molecule has 5 rings (SSSR count). The van der Waals surface area contributed by atoms with Crippen molar-refractivity contribution in [3.8, 4) is 0 Å². The average molecular weight is 354 g/mol. The first kappa shape index (κ1) is 16.3. The zero-order valence-corrected chi connectivity index (χ0v) is 15.1. The summed E-state index contributed by atoms with van der Waals surface area (Å²) in [5.74, 6) is 0.0541. The van der Waals surface area contributed by atoms with Crippen LogP contribution in [0.2, 0.25) is 0 Å². The lowest BCUT2D eigenvalue weighted by Gasteiger charge is -2.50. The summed E-state index contributed by atoms with van der Waals surface area (Å²) in [6, 6.07) is 8.83. The number of benzene rings is 1. The molecular formula is C21H26N2O3. The molecule has 26 heavy (non-hydrogen) atoms. The van der Waals surface area contributed by atoms with Gasteiger partial charge in [0.1, 0.15) is 0 Å². The third kappa shape index (κ3) is 2.33. The van der Waals surface area contributed by atoms with Gasteiger partial charge in [0, 0.05) is 29.7 Å². The second-order valence-electron chi connectivity index (χ2n) is 8.18. The highest BCUT2D eigenvalue weighted by Crippen LogP contribution is 2.49. The molecule has 0 spiro atoms. The van der Waals surface area contributed by atoms with Gasteiger partial charge in [-0.15, -0.1) is 0 Å². The first-order valence-corrected chi connectivity index (χ1v) is 9.76. The summed E-state index contributed by atoms with van der Waals surface area (Å²) in [7, 11) is 1.43. The van der Waals surface area contributed by atoms with Gasteiger partial charge in [-0.05, 0) is 49.1 Å². The molecule has 2 aromatic rings. The number of H-pyrrole nitrogens is 1. The van der Waals surface area contributed by atoms with Crippen molar-refractivity contribution in [2.24, 2.45) is 17.8 Å². The molecule has 1 saturated heterocycles. The number of hydrogen-bond donors (Lipinski definition) is 2. The van der Waals surface area contributed by atoms with Gasteiger partial charge in [0.15, 0.2) is 0 Å². The van der Waals surface area contributed by atoms with Crippen molar-refractivity contribution in [1.82, 2.24) is 9.88 Å². The maximum absolute atomic E-state index is 12.4. The number of ether oxygens (including phenoxy) is 1. The van der Waals surface area contributed by atoms with E-state index in [-0.39, 0.29) is 17.8 Å². The lowest BCUT2D eigenvalue weighted by molar-refractivity contribution is -0.160. The van der Waals surface area contributed by atoms with E-state index in [0.717, 1.165) is 32.4 Å². The zero-order valence-electron chi connectivity index (χ0n) is 15.1. The maximum atomic E-state index is 12.4. The Hall–Kier alpha value is -1.85. The van der Waals surface area contributed by atoms with Gasteiger partial charge in [-0.25, -0.2) is 0 Å². The fourth-order valence-corrected chi connectivity index (χ4v) is 5.80. The predicted molar refractivity (Wildman–Crippen MR) is 98.7 cm³/mol. The second kappa shape index (κ2) is 6.10. The summed E-state index contributed by atoms with van der Waals surface area (Å²) >= 11 is 0. The van der Waals surface area contributed by atoms with Gasteiger partial charge < -0.3 is 14.8 Å². The molecule has 1 aromatic carbocycles. The largest absolute Gasteiger partial charge is 0.469 e. The predicted octanol–water partition coefficient (Wildman–Crippen LogP) is 2.65. The first-order valence-electron chi connectivity index (χ1n) is 9.76. The van der Waals surface area contributed by atoms with Crippen LogP contribution < -0.4 is 0 Å². The number of aromatic nitrogens is 1. The summed E-state index contributed by atoms with van der Waals surface area (Å²) in [6.07, 6.45) is 3.14. The quantitative estimate of drug-likeness (QED) is 0.773. The van der Waals surface area contributed by atoms with Crippen LogP contribution in [0.25, 0.3) is 10.9 Å². The topological polar surface area (TPSA) is 65.6 Å². The third-order valence-electron chi connectivity index (χ3n) is 7.02. The van der Waals surface area contributed by atoms with Crippen molar-refractivity contribution in [3.05, 3.63) is 35.5 Å². The molecule has 3 unspecified atom stereocenters. The Morgan fingerprint density at radius 1 is 1.31 bits per heavy atom. The van der Waals surface area contributed by atoms with Gasteiger partial charge in [0.25, 0.3) is 0 Å². The van der Waals surface area contributed by atoms with Gasteiger partial charge in [0.2, 0.25) is 0 Å². The van der Waals surface area contributed by atoms with E-state index < -0.39 is 6.10 Å². The number of esters is 1. The molecule has 3 heterocycles. The number of carbonyl (C=O) groups is 1. The minimum Gasteiger partial charge on any atom is -0.469 e. The number of nitrogens with one attached hydrogen (secondary N) is 1. The van der Waals surface area contributed by atoms with Crippen LogP contribution in [0.1, 0.15) is 36.6 Å². The van der Waals surface area contributed by atoms with Crippen LogP contribution in [-0.4, -0.2) is 47.3 Å². The third-order valence-corrected chi connectivity index (χ3v) is 7.02. The number of hydrogen-bond acceptors (Lipinski definition) is 4. The van der Waals surface area contributed by atoms with E-state index in [4.69, 9.17) is 4.74 Å². The number of aliphatic hydroxyl groups is 1. The van der Waals surface area contributed by atoms with Crippen molar-refractivity contribution >= 4 is 16.9 Å². The molecule has 1 aliphatic carbocycles. The van der Waals surface area contributed by atoms with Crippen molar-refractivity contribution in [3.63, 3.8) is 0 Å². The summed E-state index contributed by atoms with van der Waals surface area (Å²) in [5.41, 5.74) is 3.96. The van der Waals surface area contributed by atoms with Crippen molar-refractivity contribution < 1.29 is 14.6 Å². The summed E-state index contributed by atoms with van der Waals surface area (Å²) in [5, 5.41) is 11.8. The number of nitrogens with zero attached hydrogens (tertiary/aromatic N) is 1. The molecule has 1 aromatic heterocycles. The van der Waals surface area contributed by atoms with Gasteiger partial charge >= 0.3 is 5.97 Å². The lowest BCUT2D eigenvalue weighted by Crippen LogP contribution is -2.53. The Bertz CT molecular complexity index is 845. The van der Waals surface area contributed by atoms with Crippen molar-refractivity contribution in [1.29, 1.82) is 0 Å². The van der Waals surface area contributed by atoms with Crippen LogP contribution >= 0.6 is 0 Å². The van der Waals surface area contributed by atoms with E-state index in [2.05, 4.69) is 34.1 Å². The van der Waals surface area contributed by atoms with E-state index in [1.54, 1.807) is 0 Å². The average Bonchev–Trinajstić information content (AvgIpc) is 3.05. The fourth-order valence-electron chi connectivity index (χ4n) is 5.80. The van der Waals surface area contributed by atoms with Crippen LogP contribution in [0.15, 0.2) is 24.3 Å². The molecule has 5 nitrogen and oxygen atoms in total. The van der Waals surface area contributed by atoms with Crippen LogP contribution in [0, 0.1) is 17.8 Å². The lowest BCUT2D eigenvalue weighted by atomic mass is 9.65. The number of piperidine rings is 1. The normalized spacial score (nSPS) is 34.0. The number of aliphatic hydroxyl groups excluding tert-OH is 1. The smallest absolute Gasteiger partial charge is 0.311 e. The number of methoxy groups -OCH3 is 1. The van der Waals surface area contributed by atoms with Crippen LogP contribution in [0.5, 0.6) is 0 Å². The summed E-state index contributed by atoms with van der Waals surface area (Å²) in [4.78, 5) is 18.6. The van der Waals surface area contributed by atoms with Crippen LogP contribution in [-0.2, 0) is 16.0 Å². The Morgan fingerprint density at radius 2 is 2.15 bits per heavy atom. The van der Waals surface area contributed by atoms with Crippen LogP contribution in [0.4, 0.5) is 0 Å². The molecule has 1 saturated carbocycles. The van der Waals surface area contributed by atoms with Gasteiger partial charge in [-0.2, -0.15) is 0 Å². The molecule has 5 heteroatoms. The van der Waals surface area contributed by atoms with E-state index >= 15 is 0 Å². The monoisotopic (exact) mass is 354 g/mol. The summed E-state index contributed by atoms with van der Waals surface area (Å²) in [6.45, 7) is 2.10. The maximum Gasteiger partial charge on any atom is 0.311 e. The van der Waals surface area contributed by atoms with Crippen LogP contribution in [0.3, 0.4) is 0 Å². The number of rotatable bonds is 1. The molecule has 2 fully saturated rings. The van der Waals surface area contributed by atoms with E-state index in [0.29, 0.717) is 18.4 Å². The second-order valence-corrected chi connectivity index (χ2v) is 8.18. The van der Waals surface area contributed by atoms with E-state index in [1.807, 2.05) is 0 Å². The first-order chi connectivity index (χ1) is 12.7. The summed E-state index contributed by atoms with van der Waals surface area (Å²) < 4.78 is 5.04. The van der Waals surface area contributed by atoms with Gasteiger partial charge in [-0.1, -0.05) is 18.2 Å². The molecule has 2 aliphatic heterocycles. The highest BCUT2D eigenvalue weighted by molar-refractivity contribution is 5.85. The SMILES string of the molecule is COC(=O)[C@H]1C2CC3c4[nH]c5ccccc5c4CCN3CC2CC[C@@H]1O. The van der Waals surface area contributed by atoms with E-state index in [1.165, 1.54) is 29.3 Å². The molecule has 3 aliphatic rings. The molecule has 0 amide bonds. The Balaban J connectivity index is 1.52. The molecule has 2 N–H and O–H groups in total. The number of para-hydroxylation sites is 1. The van der Waals surface area contributed by atoms with Crippen molar-refractivity contribution in [2.45, 2.75) is 37.8 Å². The number of fused-ring (bicyclic) bond motifs is 6. The minimum absolute atomic E-state index is 0.199. The number of aromatic amines is 1. The molecule has 138 valence electrons. The van der Waals surface area contributed by atoms with Crippen molar-refractivity contribution in [2.75, 3.05) is 20.2 Å². The van der Waals surface area contributed by atoms with E-state index in [9.17, 15) is 9.90 Å². The highest BCUT2D eigenvalue weighted by atomic mass is 16.5. The molecular weight excluding hydrogens is 328 g/mol. The Kier molecular flexibility index (Phi) is 3.83. The van der Waals surface area contributed by atoms with Gasteiger partial charge in [-0.3, -0.25) is 9.69 Å². The fraction of sp³-hybridized carbons (Fsp3) is 0.571. The number of carbonyl (C=O) groups excluding carboxylic acids is 1. The zero-order chi connectivity index (χ0) is 17.8. The minimum atomic E-state index is -0.568. The molecule has 5 atom stereocenters. The van der Waals surface area contributed by atoms with Gasteiger partial charge in [0.05, 0.1) is 25.2 Å². The standard InChI is InChI=1S/C21H26N2O3/c1-26-21(25)19-15-10-17-20-14(13-4-2-3-5-16(13)22-20)8-9-23(17)11-12(15)6-7-18(19)24/h2-5,12,15,17-19,22,24H,6-11H2,1H3/t12?,15?,17?,18-,19-/m0/s1. The highest BCUT2D eigenvalue weighted by Gasteiger charge is 2.49.